The molecule has 0 radical (unpaired) electrons. The minimum absolute atomic E-state index is 0.182. The average molecular weight is 517 g/mol. The summed E-state index contributed by atoms with van der Waals surface area (Å²) in [6, 6.07) is 33.3. The predicted octanol–water partition coefficient (Wildman–Crippen LogP) is 6.67. The van der Waals surface area contributed by atoms with Crippen LogP contribution in [0, 0.1) is 17.3 Å². The van der Waals surface area contributed by atoms with Gasteiger partial charge in [-0.15, -0.1) is 0 Å². The first-order chi connectivity index (χ1) is 18.9. The van der Waals surface area contributed by atoms with Crippen molar-refractivity contribution in [3.05, 3.63) is 132 Å². The Morgan fingerprint density at radius 3 is 2.21 bits per heavy atom. The number of fused-ring (bicyclic) bond motifs is 1. The predicted molar refractivity (Wildman–Crippen MR) is 160 cm³/mol. The van der Waals surface area contributed by atoms with Crippen LogP contribution in [0.3, 0.4) is 0 Å². The molecule has 4 heteroatoms. The van der Waals surface area contributed by atoms with Crippen molar-refractivity contribution in [2.45, 2.75) is 39.0 Å². The van der Waals surface area contributed by atoms with Crippen molar-refractivity contribution in [3.63, 3.8) is 0 Å². The second-order valence-electron chi connectivity index (χ2n) is 10.2. The molecule has 1 unspecified atom stereocenters. The molecule has 1 amide bonds. The molecule has 0 heterocycles. The van der Waals surface area contributed by atoms with Crippen LogP contribution in [0.25, 0.3) is 10.8 Å². The highest BCUT2D eigenvalue weighted by molar-refractivity contribution is 5.86. The molecule has 0 aliphatic heterocycles. The van der Waals surface area contributed by atoms with Crippen LogP contribution in [0.4, 0.5) is 0 Å². The number of aliphatic hydroxyl groups excluding tert-OH is 1. The van der Waals surface area contributed by atoms with Crippen molar-refractivity contribution in [1.82, 2.24) is 10.6 Å². The van der Waals surface area contributed by atoms with Gasteiger partial charge in [0.15, 0.2) is 0 Å². The first kappa shape index (κ1) is 27.9. The smallest absolute Gasteiger partial charge is 0.238 e. The van der Waals surface area contributed by atoms with Crippen LogP contribution in [0.5, 0.6) is 0 Å². The Hall–Kier alpha value is -4.17. The number of carbonyl (C=O) groups excluding carboxylic acids is 1. The number of benzene rings is 4. The Balaban J connectivity index is 1.38. The molecule has 0 aliphatic carbocycles. The maximum atomic E-state index is 13.3. The topological polar surface area (TPSA) is 61.4 Å². The number of nitrogens with one attached hydrogen (secondary N) is 2. The van der Waals surface area contributed by atoms with Gasteiger partial charge >= 0.3 is 0 Å². The van der Waals surface area contributed by atoms with Crippen molar-refractivity contribution in [2.24, 2.45) is 5.41 Å². The molecule has 4 aromatic carbocycles. The summed E-state index contributed by atoms with van der Waals surface area (Å²) in [7, 11) is 0. The van der Waals surface area contributed by atoms with Crippen molar-refractivity contribution in [2.75, 3.05) is 6.54 Å². The van der Waals surface area contributed by atoms with Crippen molar-refractivity contribution in [3.8, 4) is 11.8 Å². The van der Waals surface area contributed by atoms with E-state index in [-0.39, 0.29) is 11.9 Å². The second-order valence-corrected chi connectivity index (χ2v) is 10.2. The van der Waals surface area contributed by atoms with Gasteiger partial charge in [0.05, 0.1) is 6.04 Å². The fourth-order valence-electron chi connectivity index (χ4n) is 4.55. The van der Waals surface area contributed by atoms with Crippen LogP contribution in [-0.4, -0.2) is 17.6 Å². The SMILES string of the molecule is C[C@@H](NCC=CC#CC(C)(C)C(=O)NC(c1ccccc1)[C@@H](O)c1ccccc1)c1cccc2ccccc12. The van der Waals surface area contributed by atoms with E-state index in [9.17, 15) is 9.90 Å². The van der Waals surface area contributed by atoms with E-state index in [1.807, 2.05) is 66.7 Å². The maximum Gasteiger partial charge on any atom is 0.238 e. The first-order valence-corrected chi connectivity index (χ1v) is 13.3. The third-order valence-corrected chi connectivity index (χ3v) is 6.89. The van der Waals surface area contributed by atoms with Crippen LogP contribution in [-0.2, 0) is 4.79 Å². The molecule has 0 fully saturated rings. The summed E-state index contributed by atoms with van der Waals surface area (Å²) in [5.74, 6) is 5.87. The molecule has 0 spiro atoms. The monoisotopic (exact) mass is 516 g/mol. The summed E-state index contributed by atoms with van der Waals surface area (Å²) in [4.78, 5) is 13.3. The molecule has 4 rings (SSSR count). The number of aliphatic hydroxyl groups is 1. The van der Waals surface area contributed by atoms with Crippen molar-refractivity contribution in [1.29, 1.82) is 0 Å². The quantitative estimate of drug-likeness (QED) is 0.218. The van der Waals surface area contributed by atoms with Crippen LogP contribution < -0.4 is 10.6 Å². The molecule has 0 bridgehead atoms. The van der Waals surface area contributed by atoms with Gasteiger partial charge in [-0.2, -0.15) is 0 Å². The Morgan fingerprint density at radius 1 is 0.872 bits per heavy atom. The standard InChI is InChI=1S/C35H36N2O2/c1-26(30-23-15-21-27-16-11-12-22-31(27)30)36-25-14-6-13-24-35(2,3)34(39)37-32(28-17-7-4-8-18-28)33(38)29-19-9-5-10-20-29/h4-12,14-23,26,32-33,36,38H,25H2,1-3H3,(H,37,39)/t26-,32?,33+/m1/s1. The molecular weight excluding hydrogens is 480 g/mol. The molecule has 0 aromatic heterocycles. The highest BCUT2D eigenvalue weighted by atomic mass is 16.3. The number of carbonyl (C=O) groups is 1. The molecule has 3 N–H and O–H groups in total. The van der Waals surface area contributed by atoms with E-state index in [4.69, 9.17) is 0 Å². The van der Waals surface area contributed by atoms with E-state index < -0.39 is 17.6 Å². The Morgan fingerprint density at radius 2 is 1.49 bits per heavy atom. The number of allylic oxidation sites excluding steroid dienone is 1. The number of amides is 1. The van der Waals surface area contributed by atoms with E-state index in [2.05, 4.69) is 71.9 Å². The number of hydrogen-bond acceptors (Lipinski definition) is 3. The van der Waals surface area contributed by atoms with Gasteiger partial charge in [0, 0.05) is 12.6 Å². The van der Waals surface area contributed by atoms with Crippen LogP contribution >= 0.6 is 0 Å². The summed E-state index contributed by atoms with van der Waals surface area (Å²) < 4.78 is 0. The molecule has 4 aromatic rings. The zero-order valence-electron chi connectivity index (χ0n) is 22.8. The summed E-state index contributed by atoms with van der Waals surface area (Å²) in [6.45, 7) is 6.40. The molecule has 198 valence electrons. The zero-order chi connectivity index (χ0) is 27.7. The normalized spacial score (nSPS) is 13.8. The van der Waals surface area contributed by atoms with E-state index in [1.54, 1.807) is 19.9 Å². The van der Waals surface area contributed by atoms with Crippen molar-refractivity contribution < 1.29 is 9.90 Å². The average Bonchev–Trinajstić information content (AvgIpc) is 2.97. The van der Waals surface area contributed by atoms with Crippen LogP contribution in [0.2, 0.25) is 0 Å². The van der Waals surface area contributed by atoms with Gasteiger partial charge in [-0.1, -0.05) is 121 Å². The van der Waals surface area contributed by atoms with Crippen molar-refractivity contribution >= 4 is 16.7 Å². The fourth-order valence-corrected chi connectivity index (χ4v) is 4.55. The van der Waals surface area contributed by atoms with Gasteiger partial charge in [-0.25, -0.2) is 0 Å². The lowest BCUT2D eigenvalue weighted by Crippen LogP contribution is -2.40. The number of rotatable bonds is 9. The summed E-state index contributed by atoms with van der Waals surface area (Å²) in [5, 5.41) is 20.2. The van der Waals surface area contributed by atoms with E-state index in [1.165, 1.54) is 16.3 Å². The van der Waals surface area contributed by atoms with E-state index >= 15 is 0 Å². The molecule has 39 heavy (non-hydrogen) atoms. The summed E-state index contributed by atoms with van der Waals surface area (Å²) in [6.07, 6.45) is 2.86. The first-order valence-electron chi connectivity index (χ1n) is 13.3. The van der Waals surface area contributed by atoms with Gasteiger partial charge in [-0.05, 0) is 54.3 Å². The minimum atomic E-state index is -0.947. The molecule has 4 nitrogen and oxygen atoms in total. The van der Waals surface area contributed by atoms with Crippen LogP contribution in [0.15, 0.2) is 115 Å². The summed E-state index contributed by atoms with van der Waals surface area (Å²) in [5.41, 5.74) is 1.88. The van der Waals surface area contributed by atoms with Gasteiger partial charge in [0.1, 0.15) is 11.5 Å². The molecule has 0 saturated carbocycles. The Labute approximate surface area is 231 Å². The summed E-state index contributed by atoms with van der Waals surface area (Å²) >= 11 is 0. The largest absolute Gasteiger partial charge is 0.386 e. The van der Waals surface area contributed by atoms with E-state index in [0.717, 1.165) is 11.1 Å². The van der Waals surface area contributed by atoms with E-state index in [0.29, 0.717) is 6.54 Å². The highest BCUT2D eigenvalue weighted by Crippen LogP contribution is 2.30. The lowest BCUT2D eigenvalue weighted by molar-refractivity contribution is -0.128. The second kappa shape index (κ2) is 13.1. The molecular formula is C35H36N2O2. The third kappa shape index (κ3) is 7.23. The molecule has 0 aliphatic rings. The fraction of sp³-hybridized carbons (Fsp3) is 0.229. The zero-order valence-corrected chi connectivity index (χ0v) is 22.8. The van der Waals surface area contributed by atoms with Crippen LogP contribution in [0.1, 0.15) is 55.6 Å². The number of hydrogen-bond donors (Lipinski definition) is 3. The third-order valence-electron chi connectivity index (χ3n) is 6.89. The lowest BCUT2D eigenvalue weighted by atomic mass is 9.90. The Bertz CT molecular complexity index is 1460. The Kier molecular flexibility index (Phi) is 9.33. The van der Waals surface area contributed by atoms with Gasteiger partial charge < -0.3 is 15.7 Å². The molecule has 0 saturated heterocycles. The minimum Gasteiger partial charge on any atom is -0.386 e. The van der Waals surface area contributed by atoms with Gasteiger partial charge in [-0.3, -0.25) is 4.79 Å². The maximum absolute atomic E-state index is 13.3. The van der Waals surface area contributed by atoms with Gasteiger partial charge in [0.2, 0.25) is 5.91 Å². The highest BCUT2D eigenvalue weighted by Gasteiger charge is 2.31. The lowest BCUT2D eigenvalue weighted by Gasteiger charge is -2.28. The van der Waals surface area contributed by atoms with Gasteiger partial charge in [0.25, 0.3) is 0 Å². The molecule has 3 atom stereocenters.